The number of carbonyl (C=O) groups excluding carboxylic acids is 1. The monoisotopic (exact) mass is 397 g/mol. The van der Waals surface area contributed by atoms with E-state index in [9.17, 15) is 14.7 Å². The number of hydrogen-bond donors (Lipinski definition) is 1. The molecule has 1 aliphatic heterocycles. The summed E-state index contributed by atoms with van der Waals surface area (Å²) in [4.78, 5) is 30.5. The molecule has 0 bridgehead atoms. The maximum absolute atomic E-state index is 12.6. The van der Waals surface area contributed by atoms with Crippen LogP contribution >= 0.6 is 11.6 Å². The van der Waals surface area contributed by atoms with Crippen LogP contribution in [0.5, 0.6) is 0 Å². The third-order valence-corrected chi connectivity index (χ3v) is 5.97. The van der Waals surface area contributed by atoms with Crippen molar-refractivity contribution in [3.05, 3.63) is 27.9 Å². The maximum Gasteiger partial charge on any atom is 0.410 e. The van der Waals surface area contributed by atoms with Crippen LogP contribution in [-0.2, 0) is 11.3 Å². The van der Waals surface area contributed by atoms with Crippen LogP contribution in [0, 0.1) is 5.41 Å². The molecule has 1 saturated carbocycles. The number of halogens is 1. The van der Waals surface area contributed by atoms with Crippen LogP contribution in [0.15, 0.2) is 17.2 Å². The Balaban J connectivity index is 1.84. The van der Waals surface area contributed by atoms with E-state index in [0.29, 0.717) is 19.5 Å². The Morgan fingerprint density at radius 1 is 1.33 bits per heavy atom. The van der Waals surface area contributed by atoms with Crippen molar-refractivity contribution in [3.63, 3.8) is 0 Å². The number of hydrogen-bond acceptors (Lipinski definition) is 5. The van der Waals surface area contributed by atoms with Crippen LogP contribution in [0.1, 0.15) is 52.9 Å². The minimum Gasteiger partial charge on any atom is -0.444 e. The first-order valence-corrected chi connectivity index (χ1v) is 9.84. The molecule has 1 aromatic heterocycles. The van der Waals surface area contributed by atoms with Crippen molar-refractivity contribution in [3.8, 4) is 0 Å². The molecule has 1 spiro atoms. The Kier molecular flexibility index (Phi) is 5.29. The van der Waals surface area contributed by atoms with E-state index in [2.05, 4.69) is 4.98 Å². The van der Waals surface area contributed by atoms with E-state index in [1.807, 2.05) is 20.8 Å². The Hall–Kier alpha value is -1.60. The Morgan fingerprint density at radius 3 is 2.59 bits per heavy atom. The number of rotatable bonds is 2. The number of amides is 1. The zero-order chi connectivity index (χ0) is 19.9. The van der Waals surface area contributed by atoms with Gasteiger partial charge in [0.1, 0.15) is 10.8 Å². The standard InChI is InChI=1S/C19H28ClN3O4/c1-17(2,3)27-16(25)22-9-8-19(26,18(11-22)6-4-5-7-18)12-23-13-21-14(20)10-15(23)24/h10,13,26H,4-9,11-12H2,1-3H3. The minimum atomic E-state index is -1.08. The molecule has 1 aromatic rings. The van der Waals surface area contributed by atoms with Gasteiger partial charge >= 0.3 is 6.09 Å². The zero-order valence-electron chi connectivity index (χ0n) is 16.2. The lowest BCUT2D eigenvalue weighted by Crippen LogP contribution is -2.62. The highest BCUT2D eigenvalue weighted by Crippen LogP contribution is 2.51. The molecule has 1 unspecified atom stereocenters. The highest BCUT2D eigenvalue weighted by molar-refractivity contribution is 6.29. The van der Waals surface area contributed by atoms with Gasteiger partial charge < -0.3 is 14.7 Å². The van der Waals surface area contributed by atoms with Gasteiger partial charge in [0.15, 0.2) is 0 Å². The molecule has 7 nitrogen and oxygen atoms in total. The number of ether oxygens (including phenoxy) is 1. The molecule has 1 N–H and O–H groups in total. The van der Waals surface area contributed by atoms with Gasteiger partial charge in [0.05, 0.1) is 18.5 Å². The summed E-state index contributed by atoms with van der Waals surface area (Å²) in [6, 6.07) is 1.25. The van der Waals surface area contributed by atoms with Crippen molar-refractivity contribution < 1.29 is 14.6 Å². The maximum atomic E-state index is 12.6. The quantitative estimate of drug-likeness (QED) is 0.775. The molecule has 2 heterocycles. The molecule has 27 heavy (non-hydrogen) atoms. The minimum absolute atomic E-state index is 0.138. The number of piperidine rings is 1. The molecule has 8 heteroatoms. The van der Waals surface area contributed by atoms with E-state index in [1.165, 1.54) is 17.0 Å². The van der Waals surface area contributed by atoms with E-state index in [-0.39, 0.29) is 23.4 Å². The van der Waals surface area contributed by atoms with E-state index in [1.54, 1.807) is 4.90 Å². The molecule has 2 aliphatic rings. The van der Waals surface area contributed by atoms with Gasteiger partial charge in [0.2, 0.25) is 0 Å². The Morgan fingerprint density at radius 2 is 2.00 bits per heavy atom. The summed E-state index contributed by atoms with van der Waals surface area (Å²) >= 11 is 5.78. The first kappa shape index (κ1) is 20.1. The molecule has 1 saturated heterocycles. The second-order valence-corrected chi connectivity index (χ2v) is 9.24. The van der Waals surface area contributed by atoms with Gasteiger partial charge in [-0.15, -0.1) is 0 Å². The summed E-state index contributed by atoms with van der Waals surface area (Å²) < 4.78 is 6.94. The largest absolute Gasteiger partial charge is 0.444 e. The number of likely N-dealkylation sites (tertiary alicyclic amines) is 1. The second-order valence-electron chi connectivity index (χ2n) is 8.85. The second kappa shape index (κ2) is 7.09. The molecule has 1 aliphatic carbocycles. The molecule has 1 atom stereocenters. The van der Waals surface area contributed by atoms with Crippen molar-refractivity contribution in [1.29, 1.82) is 0 Å². The molecule has 1 amide bonds. The third-order valence-electron chi connectivity index (χ3n) is 5.77. The summed E-state index contributed by atoms with van der Waals surface area (Å²) in [5, 5.41) is 11.7. The van der Waals surface area contributed by atoms with Crippen molar-refractivity contribution in [2.24, 2.45) is 5.41 Å². The highest BCUT2D eigenvalue weighted by atomic mass is 35.5. The van der Waals surface area contributed by atoms with Gasteiger partial charge in [-0.05, 0) is 40.0 Å². The van der Waals surface area contributed by atoms with Gasteiger partial charge in [-0.25, -0.2) is 9.78 Å². The van der Waals surface area contributed by atoms with Crippen LogP contribution in [-0.4, -0.2) is 49.9 Å². The molecule has 0 aromatic carbocycles. The third kappa shape index (κ3) is 4.14. The summed E-state index contributed by atoms with van der Waals surface area (Å²) in [5.41, 5.74) is -2.37. The van der Waals surface area contributed by atoms with E-state index in [4.69, 9.17) is 16.3 Å². The molecular formula is C19H28ClN3O4. The Bertz CT molecular complexity index is 767. The average molecular weight is 398 g/mol. The molecular weight excluding hydrogens is 370 g/mol. The van der Waals surface area contributed by atoms with Crippen molar-refractivity contribution in [2.45, 2.75) is 70.6 Å². The molecule has 150 valence electrons. The van der Waals surface area contributed by atoms with Gasteiger partial charge in [-0.3, -0.25) is 9.36 Å². The fourth-order valence-electron chi connectivity index (χ4n) is 4.39. The van der Waals surface area contributed by atoms with Crippen LogP contribution in [0.3, 0.4) is 0 Å². The summed E-state index contributed by atoms with van der Waals surface area (Å²) in [6.07, 6.45) is 5.06. The lowest BCUT2D eigenvalue weighted by Gasteiger charge is -2.52. The van der Waals surface area contributed by atoms with Gasteiger partial charge in [0.25, 0.3) is 5.56 Å². The van der Waals surface area contributed by atoms with Gasteiger partial charge in [-0.2, -0.15) is 0 Å². The normalized spacial score (nSPS) is 25.0. The van der Waals surface area contributed by atoms with E-state index < -0.39 is 16.6 Å². The summed E-state index contributed by atoms with van der Waals surface area (Å²) in [5.74, 6) is 0. The Labute approximate surface area is 164 Å². The van der Waals surface area contributed by atoms with Gasteiger partial charge in [-0.1, -0.05) is 24.4 Å². The predicted molar refractivity (Wildman–Crippen MR) is 102 cm³/mol. The summed E-state index contributed by atoms with van der Waals surface area (Å²) in [7, 11) is 0. The average Bonchev–Trinajstić information content (AvgIpc) is 3.01. The number of carbonyl (C=O) groups is 1. The lowest BCUT2D eigenvalue weighted by molar-refractivity contribution is -0.140. The highest BCUT2D eigenvalue weighted by Gasteiger charge is 2.56. The molecule has 2 fully saturated rings. The van der Waals surface area contributed by atoms with Crippen molar-refractivity contribution in [1.82, 2.24) is 14.5 Å². The molecule has 0 radical (unpaired) electrons. The van der Waals surface area contributed by atoms with Gasteiger partial charge in [0, 0.05) is 24.6 Å². The smallest absolute Gasteiger partial charge is 0.410 e. The number of aromatic nitrogens is 2. The zero-order valence-corrected chi connectivity index (χ0v) is 17.0. The predicted octanol–water partition coefficient (Wildman–Crippen LogP) is 2.83. The van der Waals surface area contributed by atoms with E-state index in [0.717, 1.165) is 25.7 Å². The number of nitrogens with zero attached hydrogens (tertiary/aromatic N) is 3. The van der Waals surface area contributed by atoms with Crippen LogP contribution in [0.4, 0.5) is 4.79 Å². The topological polar surface area (TPSA) is 84.7 Å². The first-order chi connectivity index (χ1) is 12.5. The van der Waals surface area contributed by atoms with Crippen molar-refractivity contribution >= 4 is 17.7 Å². The van der Waals surface area contributed by atoms with Crippen molar-refractivity contribution in [2.75, 3.05) is 13.1 Å². The van der Waals surface area contributed by atoms with Crippen LogP contribution in [0.25, 0.3) is 0 Å². The fraction of sp³-hybridized carbons (Fsp3) is 0.737. The van der Waals surface area contributed by atoms with E-state index >= 15 is 0 Å². The molecule has 3 rings (SSSR count). The van der Waals surface area contributed by atoms with Crippen LogP contribution in [0.2, 0.25) is 5.15 Å². The first-order valence-electron chi connectivity index (χ1n) is 9.46. The summed E-state index contributed by atoms with van der Waals surface area (Å²) in [6.45, 7) is 6.51. The SMILES string of the molecule is CC(C)(C)OC(=O)N1CCC(O)(Cn2cnc(Cl)cc2=O)C2(CCCC2)C1. The fourth-order valence-corrected chi connectivity index (χ4v) is 4.52. The number of aliphatic hydroxyl groups is 1. The lowest BCUT2D eigenvalue weighted by atomic mass is 9.66. The van der Waals surface area contributed by atoms with Crippen LogP contribution < -0.4 is 5.56 Å².